The summed E-state index contributed by atoms with van der Waals surface area (Å²) >= 11 is 1.51. The zero-order chi connectivity index (χ0) is 24.7. The molecule has 11 heteroatoms. The molecular weight excluding hydrogens is 460 g/mol. The van der Waals surface area contributed by atoms with Crippen molar-refractivity contribution in [2.24, 2.45) is 5.73 Å². The van der Waals surface area contributed by atoms with Crippen LogP contribution in [0.1, 0.15) is 37.7 Å². The number of benzene rings is 1. The molecular formula is C23H30N4O6S. The highest BCUT2D eigenvalue weighted by atomic mass is 32.2. The van der Waals surface area contributed by atoms with Crippen LogP contribution in [0, 0.1) is 0 Å². The number of amides is 5. The molecule has 5 amide bonds. The van der Waals surface area contributed by atoms with Gasteiger partial charge in [0.25, 0.3) is 0 Å². The second-order valence-electron chi connectivity index (χ2n) is 8.29. The topological polar surface area (TPSA) is 139 Å². The number of nitrogens with one attached hydrogen (secondary N) is 1. The molecule has 0 bridgehead atoms. The van der Waals surface area contributed by atoms with Crippen molar-refractivity contribution in [1.82, 2.24) is 15.1 Å². The van der Waals surface area contributed by atoms with Gasteiger partial charge in [-0.3, -0.25) is 19.2 Å². The van der Waals surface area contributed by atoms with Crippen molar-refractivity contribution >= 4 is 41.5 Å². The number of likely N-dealkylation sites (tertiary alicyclic amines) is 2. The van der Waals surface area contributed by atoms with Crippen LogP contribution in [0.15, 0.2) is 30.3 Å². The van der Waals surface area contributed by atoms with E-state index in [9.17, 15) is 24.0 Å². The van der Waals surface area contributed by atoms with Crippen LogP contribution in [0.2, 0.25) is 0 Å². The summed E-state index contributed by atoms with van der Waals surface area (Å²) in [5.74, 6) is -1.46. The van der Waals surface area contributed by atoms with Gasteiger partial charge in [0, 0.05) is 13.0 Å². The van der Waals surface area contributed by atoms with Gasteiger partial charge in [-0.1, -0.05) is 30.3 Å². The molecule has 34 heavy (non-hydrogen) atoms. The maximum atomic E-state index is 13.2. The monoisotopic (exact) mass is 490 g/mol. The first-order valence-electron chi connectivity index (χ1n) is 11.2. The molecule has 3 rings (SSSR count). The van der Waals surface area contributed by atoms with Crippen molar-refractivity contribution in [3.05, 3.63) is 35.9 Å². The number of hydrogen-bond donors (Lipinski definition) is 2. The molecule has 0 saturated carbocycles. The Kier molecular flexibility index (Phi) is 8.91. The van der Waals surface area contributed by atoms with E-state index in [2.05, 4.69) is 5.32 Å². The zero-order valence-electron chi connectivity index (χ0n) is 19.1. The first-order chi connectivity index (χ1) is 16.3. The maximum Gasteiger partial charge on any atom is 0.417 e. The van der Waals surface area contributed by atoms with Crippen molar-refractivity contribution in [3.8, 4) is 0 Å². The Morgan fingerprint density at radius 3 is 2.59 bits per heavy atom. The molecule has 2 heterocycles. The molecule has 1 aromatic carbocycles. The normalized spacial score (nSPS) is 20.8. The van der Waals surface area contributed by atoms with E-state index in [1.807, 2.05) is 12.3 Å². The molecule has 2 aliphatic rings. The fourth-order valence-electron chi connectivity index (χ4n) is 4.24. The molecule has 3 atom stereocenters. The number of primary amides is 1. The number of hydrogen-bond acceptors (Lipinski definition) is 7. The third-order valence-electron chi connectivity index (χ3n) is 6.01. The Morgan fingerprint density at radius 2 is 1.91 bits per heavy atom. The number of imide groups is 1. The summed E-state index contributed by atoms with van der Waals surface area (Å²) in [5.41, 5.74) is 6.20. The summed E-state index contributed by atoms with van der Waals surface area (Å²) in [5, 5.41) is 2.71. The lowest BCUT2D eigenvalue weighted by atomic mass is 10.1. The Hall–Kier alpha value is -3.08. The van der Waals surface area contributed by atoms with E-state index in [0.717, 1.165) is 10.5 Å². The van der Waals surface area contributed by atoms with E-state index in [4.69, 9.17) is 10.5 Å². The number of thioether (sulfide) groups is 1. The molecule has 0 spiro atoms. The van der Waals surface area contributed by atoms with E-state index in [1.165, 1.54) is 16.7 Å². The summed E-state index contributed by atoms with van der Waals surface area (Å²) in [6, 6.07) is 6.34. The van der Waals surface area contributed by atoms with Gasteiger partial charge in [-0.05, 0) is 43.3 Å². The van der Waals surface area contributed by atoms with E-state index < -0.39 is 41.9 Å². The molecule has 2 saturated heterocycles. The highest BCUT2D eigenvalue weighted by molar-refractivity contribution is 7.98. The lowest BCUT2D eigenvalue weighted by Gasteiger charge is -2.29. The van der Waals surface area contributed by atoms with Crippen molar-refractivity contribution in [2.75, 3.05) is 18.6 Å². The number of ether oxygens (including phenoxy) is 1. The van der Waals surface area contributed by atoms with E-state index >= 15 is 0 Å². The minimum Gasteiger partial charge on any atom is -0.444 e. The second-order valence-corrected chi connectivity index (χ2v) is 9.28. The van der Waals surface area contributed by atoms with Crippen LogP contribution in [0.4, 0.5) is 4.79 Å². The van der Waals surface area contributed by atoms with Crippen LogP contribution >= 0.6 is 11.8 Å². The summed E-state index contributed by atoms with van der Waals surface area (Å²) < 4.78 is 5.26. The van der Waals surface area contributed by atoms with Gasteiger partial charge >= 0.3 is 6.09 Å². The van der Waals surface area contributed by atoms with Crippen molar-refractivity contribution < 1.29 is 28.7 Å². The molecule has 0 unspecified atom stereocenters. The highest BCUT2D eigenvalue weighted by Gasteiger charge is 2.43. The van der Waals surface area contributed by atoms with Gasteiger partial charge < -0.3 is 20.7 Å². The third-order valence-corrected chi connectivity index (χ3v) is 6.65. The number of carbonyl (C=O) groups excluding carboxylic acids is 5. The summed E-state index contributed by atoms with van der Waals surface area (Å²) in [4.78, 5) is 65.3. The Bertz CT molecular complexity index is 927. The Balaban J connectivity index is 1.68. The summed E-state index contributed by atoms with van der Waals surface area (Å²) in [6.07, 6.45) is 2.63. The molecule has 1 aromatic rings. The Labute approximate surface area is 202 Å². The van der Waals surface area contributed by atoms with Crippen molar-refractivity contribution in [2.45, 2.75) is 56.8 Å². The minimum absolute atomic E-state index is 0.0256. The molecule has 10 nitrogen and oxygen atoms in total. The maximum absolute atomic E-state index is 13.2. The third kappa shape index (κ3) is 6.07. The van der Waals surface area contributed by atoms with Gasteiger partial charge in [0.05, 0.1) is 0 Å². The zero-order valence-corrected chi connectivity index (χ0v) is 19.9. The minimum atomic E-state index is -1.06. The van der Waals surface area contributed by atoms with Gasteiger partial charge in [-0.15, -0.1) is 0 Å². The fraction of sp³-hybridized carbons (Fsp3) is 0.522. The number of carbonyl (C=O) groups is 5. The van der Waals surface area contributed by atoms with Crippen molar-refractivity contribution in [3.63, 3.8) is 0 Å². The van der Waals surface area contributed by atoms with Crippen LogP contribution in [-0.2, 0) is 30.5 Å². The number of rotatable bonds is 9. The molecule has 2 fully saturated rings. The summed E-state index contributed by atoms with van der Waals surface area (Å²) in [6.45, 7) is 0.355. The average Bonchev–Trinajstić information content (AvgIpc) is 3.47. The lowest BCUT2D eigenvalue weighted by molar-refractivity contribution is -0.141. The van der Waals surface area contributed by atoms with Crippen LogP contribution in [0.3, 0.4) is 0 Å². The predicted octanol–water partition coefficient (Wildman–Crippen LogP) is 1.03. The van der Waals surface area contributed by atoms with Crippen LogP contribution in [0.5, 0.6) is 0 Å². The molecule has 3 N–H and O–H groups in total. The van der Waals surface area contributed by atoms with Gasteiger partial charge in [0.15, 0.2) is 0 Å². The lowest BCUT2D eigenvalue weighted by Crippen LogP contribution is -2.56. The molecule has 0 aliphatic carbocycles. The van der Waals surface area contributed by atoms with Gasteiger partial charge in [0.2, 0.25) is 23.6 Å². The molecule has 0 aromatic heterocycles. The first kappa shape index (κ1) is 25.5. The largest absolute Gasteiger partial charge is 0.444 e. The SMILES string of the molecule is CSCC[C@H](NC(=O)[C@@H]1CCC(=O)N1C(=O)OCc1ccccc1)C(=O)N1CCC[C@H]1C(N)=O. The fourth-order valence-corrected chi connectivity index (χ4v) is 4.71. The van der Waals surface area contributed by atoms with E-state index in [-0.39, 0.29) is 25.4 Å². The smallest absolute Gasteiger partial charge is 0.417 e. The van der Waals surface area contributed by atoms with E-state index in [1.54, 1.807) is 24.3 Å². The standard InChI is InChI=1S/C23H30N4O6S/c1-34-13-11-16(22(31)26-12-5-8-17(26)20(24)29)25-21(30)18-9-10-19(28)27(18)23(32)33-14-15-6-3-2-4-7-15/h2-4,6-7,16-18H,5,8-14H2,1H3,(H2,24,29)(H,25,30)/t16-,17-,18-/m0/s1. The van der Waals surface area contributed by atoms with Gasteiger partial charge in [-0.25, -0.2) is 9.69 Å². The predicted molar refractivity (Wildman–Crippen MR) is 125 cm³/mol. The number of nitrogens with zero attached hydrogens (tertiary/aromatic N) is 2. The van der Waals surface area contributed by atoms with Crippen LogP contribution in [0.25, 0.3) is 0 Å². The van der Waals surface area contributed by atoms with Crippen molar-refractivity contribution in [1.29, 1.82) is 0 Å². The first-order valence-corrected chi connectivity index (χ1v) is 12.6. The van der Waals surface area contributed by atoms with Crippen LogP contribution < -0.4 is 11.1 Å². The summed E-state index contributed by atoms with van der Waals surface area (Å²) in [7, 11) is 0. The molecule has 2 aliphatic heterocycles. The van der Waals surface area contributed by atoms with E-state index in [0.29, 0.717) is 31.6 Å². The van der Waals surface area contributed by atoms with Crippen LogP contribution in [-0.4, -0.2) is 76.2 Å². The molecule has 0 radical (unpaired) electrons. The second kappa shape index (κ2) is 11.9. The van der Waals surface area contributed by atoms with Gasteiger partial charge in [-0.2, -0.15) is 11.8 Å². The highest BCUT2D eigenvalue weighted by Crippen LogP contribution is 2.23. The Morgan fingerprint density at radius 1 is 1.18 bits per heavy atom. The van der Waals surface area contributed by atoms with Gasteiger partial charge in [0.1, 0.15) is 24.7 Å². The average molecular weight is 491 g/mol. The quantitative estimate of drug-likeness (QED) is 0.527. The molecule has 184 valence electrons. The number of nitrogens with two attached hydrogens (primary N) is 1.